The molecule has 0 aliphatic heterocycles. The van der Waals surface area contributed by atoms with Crippen LogP contribution in [0.3, 0.4) is 0 Å². The Labute approximate surface area is 114 Å². The molecule has 0 aliphatic carbocycles. The fraction of sp³-hybridized carbons (Fsp3) is 0.154. The quantitative estimate of drug-likeness (QED) is 0.940. The molecule has 0 amide bonds. The molecule has 2 rings (SSSR count). The lowest BCUT2D eigenvalue weighted by Gasteiger charge is -2.19. The highest BCUT2D eigenvalue weighted by atomic mass is 35.5. The maximum absolute atomic E-state index is 13.6. The number of anilines is 2. The van der Waals surface area contributed by atoms with Gasteiger partial charge >= 0.3 is 0 Å². The zero-order valence-corrected chi connectivity index (χ0v) is 11.0. The Bertz CT molecular complexity index is 604. The molecule has 0 bridgehead atoms. The van der Waals surface area contributed by atoms with Crippen LogP contribution in [0, 0.1) is 11.6 Å². The molecule has 2 N–H and O–H groups in total. The number of benzene rings is 1. The number of hydrogen-bond acceptors (Lipinski definition) is 3. The Morgan fingerprint density at radius 1 is 1.26 bits per heavy atom. The Kier molecular flexibility index (Phi) is 3.85. The van der Waals surface area contributed by atoms with Crippen molar-refractivity contribution in [2.45, 2.75) is 6.54 Å². The SMILES string of the molecule is CN(Cc1cccc(Cl)c1)c1nc(N)c(F)cc1F. The summed E-state index contributed by atoms with van der Waals surface area (Å²) >= 11 is 5.87. The molecule has 3 nitrogen and oxygen atoms in total. The van der Waals surface area contributed by atoms with Crippen molar-refractivity contribution < 1.29 is 8.78 Å². The van der Waals surface area contributed by atoms with Crippen molar-refractivity contribution in [1.29, 1.82) is 0 Å². The average Bonchev–Trinajstić information content (AvgIpc) is 2.33. The van der Waals surface area contributed by atoms with Crippen LogP contribution in [0.4, 0.5) is 20.4 Å². The molecular weight excluding hydrogens is 272 g/mol. The van der Waals surface area contributed by atoms with Crippen LogP contribution in [0.2, 0.25) is 5.02 Å². The van der Waals surface area contributed by atoms with E-state index in [2.05, 4.69) is 4.98 Å². The first-order valence-corrected chi connectivity index (χ1v) is 5.92. The normalized spacial score (nSPS) is 10.5. The van der Waals surface area contributed by atoms with Gasteiger partial charge in [0.25, 0.3) is 0 Å². The molecule has 0 atom stereocenters. The van der Waals surface area contributed by atoms with Gasteiger partial charge in [-0.3, -0.25) is 0 Å². The highest BCUT2D eigenvalue weighted by molar-refractivity contribution is 6.30. The summed E-state index contributed by atoms with van der Waals surface area (Å²) in [5, 5.41) is 0.595. The number of hydrogen-bond donors (Lipinski definition) is 1. The van der Waals surface area contributed by atoms with Gasteiger partial charge in [0, 0.05) is 24.7 Å². The van der Waals surface area contributed by atoms with E-state index in [1.807, 2.05) is 6.07 Å². The second kappa shape index (κ2) is 5.40. The molecule has 0 saturated carbocycles. The van der Waals surface area contributed by atoms with E-state index in [-0.39, 0.29) is 11.6 Å². The molecule has 0 aliphatic rings. The van der Waals surface area contributed by atoms with Gasteiger partial charge in [0.15, 0.2) is 23.3 Å². The first-order valence-electron chi connectivity index (χ1n) is 5.54. The van der Waals surface area contributed by atoms with Gasteiger partial charge in [0.05, 0.1) is 0 Å². The van der Waals surface area contributed by atoms with Crippen molar-refractivity contribution in [1.82, 2.24) is 4.98 Å². The summed E-state index contributed by atoms with van der Waals surface area (Å²) < 4.78 is 26.7. The number of nitrogens with zero attached hydrogens (tertiary/aromatic N) is 2. The third-order valence-electron chi connectivity index (χ3n) is 2.61. The van der Waals surface area contributed by atoms with Gasteiger partial charge in [-0.05, 0) is 17.7 Å². The van der Waals surface area contributed by atoms with E-state index >= 15 is 0 Å². The Balaban J connectivity index is 2.25. The van der Waals surface area contributed by atoms with E-state index in [1.165, 1.54) is 4.90 Å². The minimum Gasteiger partial charge on any atom is -0.381 e. The summed E-state index contributed by atoms with van der Waals surface area (Å²) in [6.07, 6.45) is 0. The van der Waals surface area contributed by atoms with Crippen molar-refractivity contribution >= 4 is 23.2 Å². The van der Waals surface area contributed by atoms with E-state index in [4.69, 9.17) is 17.3 Å². The van der Waals surface area contributed by atoms with Crippen LogP contribution in [0.15, 0.2) is 30.3 Å². The van der Waals surface area contributed by atoms with Crippen molar-refractivity contribution in [2.75, 3.05) is 17.7 Å². The van der Waals surface area contributed by atoms with Crippen molar-refractivity contribution in [3.05, 3.63) is 52.6 Å². The largest absolute Gasteiger partial charge is 0.381 e. The fourth-order valence-electron chi connectivity index (χ4n) is 1.72. The summed E-state index contributed by atoms with van der Waals surface area (Å²) in [6, 6.07) is 7.90. The van der Waals surface area contributed by atoms with Gasteiger partial charge in [0.1, 0.15) is 0 Å². The third-order valence-corrected chi connectivity index (χ3v) is 2.84. The molecule has 0 fully saturated rings. The lowest BCUT2D eigenvalue weighted by Crippen LogP contribution is -2.20. The number of pyridine rings is 1. The van der Waals surface area contributed by atoms with E-state index < -0.39 is 11.6 Å². The van der Waals surface area contributed by atoms with Crippen molar-refractivity contribution in [2.24, 2.45) is 0 Å². The highest BCUT2D eigenvalue weighted by Gasteiger charge is 2.14. The lowest BCUT2D eigenvalue weighted by molar-refractivity contribution is 0.574. The van der Waals surface area contributed by atoms with Gasteiger partial charge in [-0.1, -0.05) is 23.7 Å². The van der Waals surface area contributed by atoms with Gasteiger partial charge < -0.3 is 10.6 Å². The van der Waals surface area contributed by atoms with Gasteiger partial charge in [-0.2, -0.15) is 0 Å². The summed E-state index contributed by atoms with van der Waals surface area (Å²) in [6.45, 7) is 0.384. The Morgan fingerprint density at radius 2 is 2.00 bits per heavy atom. The number of nitrogen functional groups attached to an aromatic ring is 1. The average molecular weight is 284 g/mol. The summed E-state index contributed by atoms with van der Waals surface area (Å²) in [5.74, 6) is -1.94. The number of halogens is 3. The van der Waals surface area contributed by atoms with Crippen LogP contribution in [-0.4, -0.2) is 12.0 Å². The van der Waals surface area contributed by atoms with Crippen LogP contribution < -0.4 is 10.6 Å². The molecule has 1 aromatic heterocycles. The van der Waals surface area contributed by atoms with Crippen LogP contribution >= 0.6 is 11.6 Å². The van der Waals surface area contributed by atoms with E-state index in [0.717, 1.165) is 11.6 Å². The molecule has 19 heavy (non-hydrogen) atoms. The molecule has 1 aromatic carbocycles. The highest BCUT2D eigenvalue weighted by Crippen LogP contribution is 2.21. The van der Waals surface area contributed by atoms with E-state index in [0.29, 0.717) is 11.6 Å². The molecular formula is C13H12ClF2N3. The molecule has 6 heteroatoms. The molecule has 0 unspecified atom stereocenters. The zero-order valence-electron chi connectivity index (χ0n) is 10.2. The fourth-order valence-corrected chi connectivity index (χ4v) is 1.94. The van der Waals surface area contributed by atoms with Crippen LogP contribution in [0.25, 0.3) is 0 Å². The molecule has 0 saturated heterocycles. The minimum atomic E-state index is -0.864. The smallest absolute Gasteiger partial charge is 0.168 e. The van der Waals surface area contributed by atoms with Gasteiger partial charge in [-0.15, -0.1) is 0 Å². The number of rotatable bonds is 3. The monoisotopic (exact) mass is 283 g/mol. The number of aromatic nitrogens is 1. The molecule has 100 valence electrons. The van der Waals surface area contributed by atoms with Crippen molar-refractivity contribution in [3.63, 3.8) is 0 Å². The predicted octanol–water partition coefficient (Wildman–Crippen LogP) is 3.23. The van der Waals surface area contributed by atoms with Crippen LogP contribution in [-0.2, 0) is 6.54 Å². The summed E-state index contributed by atoms with van der Waals surface area (Å²) in [4.78, 5) is 5.25. The minimum absolute atomic E-state index is 0.00104. The van der Waals surface area contributed by atoms with Gasteiger partial charge in [0.2, 0.25) is 0 Å². The Hall–Kier alpha value is -1.88. The van der Waals surface area contributed by atoms with Crippen LogP contribution in [0.1, 0.15) is 5.56 Å². The first-order chi connectivity index (χ1) is 8.97. The molecule has 0 spiro atoms. The topological polar surface area (TPSA) is 42.2 Å². The molecule has 1 heterocycles. The molecule has 0 radical (unpaired) electrons. The van der Waals surface area contributed by atoms with Crippen molar-refractivity contribution in [3.8, 4) is 0 Å². The maximum atomic E-state index is 13.6. The predicted molar refractivity (Wildman–Crippen MR) is 72.1 cm³/mol. The maximum Gasteiger partial charge on any atom is 0.168 e. The zero-order chi connectivity index (χ0) is 14.0. The summed E-state index contributed by atoms with van der Waals surface area (Å²) in [5.41, 5.74) is 6.23. The van der Waals surface area contributed by atoms with Gasteiger partial charge in [-0.25, -0.2) is 13.8 Å². The van der Waals surface area contributed by atoms with E-state index in [9.17, 15) is 8.78 Å². The first kappa shape index (κ1) is 13.5. The Morgan fingerprint density at radius 3 is 2.68 bits per heavy atom. The summed E-state index contributed by atoms with van der Waals surface area (Å²) in [7, 11) is 1.64. The third kappa shape index (κ3) is 3.12. The second-order valence-electron chi connectivity index (χ2n) is 4.15. The number of nitrogens with two attached hydrogens (primary N) is 1. The van der Waals surface area contributed by atoms with E-state index in [1.54, 1.807) is 25.2 Å². The van der Waals surface area contributed by atoms with Crippen LogP contribution in [0.5, 0.6) is 0 Å². The lowest BCUT2D eigenvalue weighted by atomic mass is 10.2. The second-order valence-corrected chi connectivity index (χ2v) is 4.58. The molecule has 2 aromatic rings. The standard InChI is InChI=1S/C13H12ClF2N3/c1-19(7-8-3-2-4-9(14)5-8)13-11(16)6-10(15)12(17)18-13/h2-6H,7H2,1H3,(H2,17,18).